The van der Waals surface area contributed by atoms with Gasteiger partial charge in [-0.25, -0.2) is 0 Å². The monoisotopic (exact) mass is 413 g/mol. The maximum Gasteiger partial charge on any atom is 0.323 e. The molecule has 0 bridgehead atoms. The summed E-state index contributed by atoms with van der Waals surface area (Å²) in [7, 11) is 0. The van der Waals surface area contributed by atoms with Gasteiger partial charge in [0, 0.05) is 21.7 Å². The lowest BCUT2D eigenvalue weighted by molar-refractivity contribution is -0.140. The SMILES string of the molecule is O=C(O)CN1C(=O)/C(=C\c2ccc(-c3cc(Cl)cc(Cl)c3)o2)SC1=S. The van der Waals surface area contributed by atoms with Crippen LogP contribution in [0.25, 0.3) is 17.4 Å². The molecule has 1 aliphatic heterocycles. The molecule has 1 aromatic heterocycles. The van der Waals surface area contributed by atoms with E-state index in [9.17, 15) is 9.59 Å². The number of furan rings is 1. The Kier molecular flexibility index (Phi) is 5.19. The van der Waals surface area contributed by atoms with Crippen molar-refractivity contribution in [1.82, 2.24) is 4.90 Å². The third-order valence-electron chi connectivity index (χ3n) is 3.21. The Hall–Kier alpha value is -1.80. The number of benzene rings is 1. The van der Waals surface area contributed by atoms with E-state index in [0.717, 1.165) is 16.7 Å². The van der Waals surface area contributed by atoms with Gasteiger partial charge in [-0.15, -0.1) is 0 Å². The van der Waals surface area contributed by atoms with E-state index in [1.165, 1.54) is 6.08 Å². The average molecular weight is 414 g/mol. The molecular formula is C16H9Cl2NO4S2. The van der Waals surface area contributed by atoms with Gasteiger partial charge in [-0.2, -0.15) is 0 Å². The Bertz CT molecular complexity index is 902. The second-order valence-corrected chi connectivity index (χ2v) is 7.57. The van der Waals surface area contributed by atoms with Gasteiger partial charge in [0.2, 0.25) is 0 Å². The normalized spacial score (nSPS) is 16.1. The van der Waals surface area contributed by atoms with Gasteiger partial charge < -0.3 is 9.52 Å². The molecule has 2 heterocycles. The van der Waals surface area contributed by atoms with E-state index in [4.69, 9.17) is 44.9 Å². The number of hydrogen-bond donors (Lipinski definition) is 1. The molecule has 5 nitrogen and oxygen atoms in total. The van der Waals surface area contributed by atoms with Gasteiger partial charge in [0.25, 0.3) is 5.91 Å². The maximum atomic E-state index is 12.2. The number of thioether (sulfide) groups is 1. The Labute approximate surface area is 162 Å². The highest BCUT2D eigenvalue weighted by atomic mass is 35.5. The molecule has 0 radical (unpaired) electrons. The first kappa shape index (κ1) is 18.0. The number of nitrogens with zero attached hydrogens (tertiary/aromatic N) is 1. The summed E-state index contributed by atoms with van der Waals surface area (Å²) in [5, 5.41) is 9.80. The van der Waals surface area contributed by atoms with E-state index in [0.29, 0.717) is 32.0 Å². The molecule has 0 spiro atoms. The van der Waals surface area contributed by atoms with Crippen molar-refractivity contribution in [2.75, 3.05) is 6.54 Å². The summed E-state index contributed by atoms with van der Waals surface area (Å²) in [5.74, 6) is -0.615. The molecule has 1 aliphatic rings. The molecule has 1 N–H and O–H groups in total. The highest BCUT2D eigenvalue weighted by Gasteiger charge is 2.33. The third kappa shape index (κ3) is 4.07. The van der Waals surface area contributed by atoms with Gasteiger partial charge in [0.05, 0.1) is 4.91 Å². The Morgan fingerprint density at radius 3 is 2.60 bits per heavy atom. The van der Waals surface area contributed by atoms with Crippen LogP contribution in [0.15, 0.2) is 39.7 Å². The van der Waals surface area contributed by atoms with Crippen LogP contribution in [0, 0.1) is 0 Å². The highest BCUT2D eigenvalue weighted by molar-refractivity contribution is 8.26. The van der Waals surface area contributed by atoms with Crippen LogP contribution >= 0.6 is 47.2 Å². The van der Waals surface area contributed by atoms with Crippen molar-refractivity contribution in [1.29, 1.82) is 0 Å². The summed E-state index contributed by atoms with van der Waals surface area (Å²) in [6.07, 6.45) is 1.52. The third-order valence-corrected chi connectivity index (χ3v) is 5.03. The second kappa shape index (κ2) is 7.21. The molecule has 0 unspecified atom stereocenters. The number of thiocarbonyl (C=S) groups is 1. The van der Waals surface area contributed by atoms with Gasteiger partial charge in [-0.1, -0.05) is 47.2 Å². The summed E-state index contributed by atoms with van der Waals surface area (Å²) in [5.41, 5.74) is 0.704. The summed E-state index contributed by atoms with van der Waals surface area (Å²) in [6.45, 7) is -0.466. The van der Waals surface area contributed by atoms with Gasteiger partial charge in [-0.3, -0.25) is 14.5 Å². The van der Waals surface area contributed by atoms with E-state index in [-0.39, 0.29) is 4.32 Å². The minimum atomic E-state index is -1.13. The molecule has 1 aromatic carbocycles. The maximum absolute atomic E-state index is 12.2. The minimum absolute atomic E-state index is 0.201. The lowest BCUT2D eigenvalue weighted by Crippen LogP contribution is -2.33. The molecular weight excluding hydrogens is 405 g/mol. The molecule has 1 fully saturated rings. The number of aliphatic carboxylic acids is 1. The summed E-state index contributed by atoms with van der Waals surface area (Å²) in [6, 6.07) is 8.45. The molecule has 1 saturated heterocycles. The Morgan fingerprint density at radius 1 is 1.28 bits per heavy atom. The Balaban J connectivity index is 1.86. The first-order valence-corrected chi connectivity index (χ1v) is 8.85. The molecule has 128 valence electrons. The lowest BCUT2D eigenvalue weighted by Gasteiger charge is -2.09. The predicted molar refractivity (Wildman–Crippen MR) is 102 cm³/mol. The van der Waals surface area contributed by atoms with Crippen LogP contribution in [0.1, 0.15) is 5.76 Å². The molecule has 0 aliphatic carbocycles. The van der Waals surface area contributed by atoms with E-state index >= 15 is 0 Å². The molecule has 2 aromatic rings. The molecule has 25 heavy (non-hydrogen) atoms. The standard InChI is InChI=1S/C16H9Cl2NO4S2/c17-9-3-8(4-10(18)5-9)12-2-1-11(23-12)6-13-15(22)19(7-14(20)21)16(24)25-13/h1-6H,7H2,(H,20,21)/b13-6+. The van der Waals surface area contributed by atoms with Crippen molar-refractivity contribution in [2.45, 2.75) is 0 Å². The minimum Gasteiger partial charge on any atom is -0.480 e. The zero-order valence-corrected chi connectivity index (χ0v) is 15.5. The second-order valence-electron chi connectivity index (χ2n) is 5.02. The van der Waals surface area contributed by atoms with E-state index in [1.54, 1.807) is 30.3 Å². The van der Waals surface area contributed by atoms with Crippen LogP contribution in [-0.2, 0) is 9.59 Å². The first-order valence-electron chi connectivity index (χ1n) is 6.87. The van der Waals surface area contributed by atoms with Crippen molar-refractivity contribution in [3.8, 4) is 11.3 Å². The van der Waals surface area contributed by atoms with Crippen LogP contribution in [0.4, 0.5) is 0 Å². The van der Waals surface area contributed by atoms with Crippen molar-refractivity contribution in [3.63, 3.8) is 0 Å². The number of carbonyl (C=O) groups excluding carboxylic acids is 1. The zero-order chi connectivity index (χ0) is 18.1. The van der Waals surface area contributed by atoms with Gasteiger partial charge in [-0.05, 0) is 30.3 Å². The Morgan fingerprint density at radius 2 is 1.96 bits per heavy atom. The van der Waals surface area contributed by atoms with Gasteiger partial charge >= 0.3 is 5.97 Å². The van der Waals surface area contributed by atoms with Gasteiger partial charge in [0.15, 0.2) is 0 Å². The fraction of sp³-hybridized carbons (Fsp3) is 0.0625. The van der Waals surface area contributed by atoms with E-state index < -0.39 is 18.4 Å². The van der Waals surface area contributed by atoms with E-state index in [2.05, 4.69) is 0 Å². The molecule has 1 amide bonds. The number of carboxylic acid groups (broad SMARTS) is 1. The van der Waals surface area contributed by atoms with Crippen molar-refractivity contribution in [3.05, 3.63) is 51.0 Å². The summed E-state index contributed by atoms with van der Waals surface area (Å²) < 4.78 is 5.91. The fourth-order valence-electron chi connectivity index (χ4n) is 2.18. The van der Waals surface area contributed by atoms with Crippen LogP contribution in [-0.4, -0.2) is 32.7 Å². The van der Waals surface area contributed by atoms with Crippen LogP contribution in [0.2, 0.25) is 10.0 Å². The van der Waals surface area contributed by atoms with Crippen molar-refractivity contribution in [2.24, 2.45) is 0 Å². The number of carbonyl (C=O) groups is 2. The molecule has 0 atom stereocenters. The first-order chi connectivity index (χ1) is 11.8. The van der Waals surface area contributed by atoms with Crippen molar-refractivity contribution >= 4 is 69.5 Å². The zero-order valence-electron chi connectivity index (χ0n) is 12.4. The quantitative estimate of drug-likeness (QED) is 0.585. The predicted octanol–water partition coefficient (Wildman–Crippen LogP) is 4.54. The largest absolute Gasteiger partial charge is 0.480 e. The number of hydrogen-bond acceptors (Lipinski definition) is 5. The van der Waals surface area contributed by atoms with E-state index in [1.807, 2.05) is 0 Å². The van der Waals surface area contributed by atoms with Crippen LogP contribution < -0.4 is 0 Å². The average Bonchev–Trinajstić information content (AvgIpc) is 3.07. The number of halogens is 2. The lowest BCUT2D eigenvalue weighted by atomic mass is 10.2. The molecule has 0 saturated carbocycles. The fourth-order valence-corrected chi connectivity index (χ4v) is 3.94. The summed E-state index contributed by atoms with van der Waals surface area (Å²) >= 11 is 18.0. The topological polar surface area (TPSA) is 70.8 Å². The molecule has 3 rings (SSSR count). The number of carboxylic acids is 1. The molecule has 9 heteroatoms. The van der Waals surface area contributed by atoms with Crippen LogP contribution in [0.3, 0.4) is 0 Å². The highest BCUT2D eigenvalue weighted by Crippen LogP contribution is 2.34. The van der Waals surface area contributed by atoms with Crippen molar-refractivity contribution < 1.29 is 19.1 Å². The number of amides is 1. The van der Waals surface area contributed by atoms with Crippen LogP contribution in [0.5, 0.6) is 0 Å². The smallest absolute Gasteiger partial charge is 0.323 e. The number of rotatable bonds is 4. The van der Waals surface area contributed by atoms with Gasteiger partial charge in [0.1, 0.15) is 22.4 Å². The summed E-state index contributed by atoms with van der Waals surface area (Å²) in [4.78, 5) is 24.4.